The molecule has 2 heterocycles. The van der Waals surface area contributed by atoms with E-state index in [-0.39, 0.29) is 11.1 Å². The fraction of sp³-hybridized carbons (Fsp3) is 0.389. The normalized spacial score (nSPS) is 16.4. The fourth-order valence-corrected chi connectivity index (χ4v) is 3.44. The van der Waals surface area contributed by atoms with E-state index in [4.69, 9.17) is 28.2 Å². The molecular formula is C18H21ClFN3OS. The molecule has 7 heteroatoms. The van der Waals surface area contributed by atoms with Crippen molar-refractivity contribution in [3.05, 3.63) is 53.2 Å². The van der Waals surface area contributed by atoms with Gasteiger partial charge in [-0.3, -0.25) is 4.90 Å². The topological polar surface area (TPSA) is 40.4 Å². The SMILES string of the molecule is Fc1ccc(NC(=S)NC[C@@H](c2ccco2)N2CCCCC2)cc1Cl. The van der Waals surface area contributed by atoms with Gasteiger partial charge in [0.15, 0.2) is 5.11 Å². The van der Waals surface area contributed by atoms with Crippen molar-refractivity contribution in [2.24, 2.45) is 0 Å². The van der Waals surface area contributed by atoms with Crippen LogP contribution in [-0.4, -0.2) is 29.6 Å². The standard InChI is InChI=1S/C18H21ClFN3OS/c19-14-11-13(6-7-15(14)20)22-18(25)21-12-16(17-5-4-10-24-17)23-8-2-1-3-9-23/h4-7,10-11,16H,1-3,8-9,12H2,(H2,21,22,25)/t16-/m0/s1. The van der Waals surface area contributed by atoms with Crippen molar-refractivity contribution in [2.45, 2.75) is 25.3 Å². The van der Waals surface area contributed by atoms with Gasteiger partial charge in [-0.1, -0.05) is 18.0 Å². The van der Waals surface area contributed by atoms with E-state index in [0.29, 0.717) is 17.3 Å². The Morgan fingerprint density at radius 3 is 2.76 bits per heavy atom. The predicted molar refractivity (Wildman–Crippen MR) is 103 cm³/mol. The molecule has 0 unspecified atom stereocenters. The second-order valence-electron chi connectivity index (χ2n) is 6.09. The molecular weight excluding hydrogens is 361 g/mol. The maximum Gasteiger partial charge on any atom is 0.170 e. The van der Waals surface area contributed by atoms with E-state index in [9.17, 15) is 4.39 Å². The van der Waals surface area contributed by atoms with Crippen LogP contribution in [0, 0.1) is 5.82 Å². The summed E-state index contributed by atoms with van der Waals surface area (Å²) in [5.74, 6) is 0.483. The molecule has 1 aromatic carbocycles. The molecule has 1 aliphatic rings. The molecule has 2 N–H and O–H groups in total. The van der Waals surface area contributed by atoms with E-state index in [1.807, 2.05) is 12.1 Å². The number of hydrogen-bond acceptors (Lipinski definition) is 3. The van der Waals surface area contributed by atoms with Crippen molar-refractivity contribution in [1.82, 2.24) is 10.2 Å². The van der Waals surface area contributed by atoms with E-state index in [2.05, 4.69) is 15.5 Å². The van der Waals surface area contributed by atoms with Crippen LogP contribution in [0.1, 0.15) is 31.1 Å². The van der Waals surface area contributed by atoms with Crippen LogP contribution in [0.4, 0.5) is 10.1 Å². The van der Waals surface area contributed by atoms with Crippen LogP contribution in [-0.2, 0) is 0 Å². The minimum atomic E-state index is -0.450. The van der Waals surface area contributed by atoms with Gasteiger partial charge < -0.3 is 15.1 Å². The molecule has 1 atom stereocenters. The van der Waals surface area contributed by atoms with Gasteiger partial charge in [0.05, 0.1) is 17.3 Å². The molecule has 1 fully saturated rings. The number of nitrogens with zero attached hydrogens (tertiary/aromatic N) is 1. The average molecular weight is 382 g/mol. The zero-order valence-corrected chi connectivity index (χ0v) is 15.4. The van der Waals surface area contributed by atoms with Gasteiger partial charge >= 0.3 is 0 Å². The Morgan fingerprint density at radius 1 is 1.28 bits per heavy atom. The lowest BCUT2D eigenvalue weighted by Gasteiger charge is -2.33. The van der Waals surface area contributed by atoms with Gasteiger partial charge in [-0.25, -0.2) is 4.39 Å². The first-order valence-corrected chi connectivity index (χ1v) is 9.19. The summed E-state index contributed by atoms with van der Waals surface area (Å²) in [4.78, 5) is 2.42. The number of benzene rings is 1. The van der Waals surface area contributed by atoms with Crippen molar-refractivity contribution in [3.63, 3.8) is 0 Å². The first-order valence-electron chi connectivity index (χ1n) is 8.41. The van der Waals surface area contributed by atoms with E-state index >= 15 is 0 Å². The highest BCUT2D eigenvalue weighted by Gasteiger charge is 2.24. The number of furan rings is 1. The molecule has 4 nitrogen and oxygen atoms in total. The summed E-state index contributed by atoms with van der Waals surface area (Å²) in [6.07, 6.45) is 5.38. The number of piperidine rings is 1. The van der Waals surface area contributed by atoms with Gasteiger partial charge in [0.2, 0.25) is 0 Å². The maximum absolute atomic E-state index is 13.2. The number of halogens is 2. The van der Waals surface area contributed by atoms with Crippen LogP contribution in [0.15, 0.2) is 41.0 Å². The summed E-state index contributed by atoms with van der Waals surface area (Å²) in [5.41, 5.74) is 0.649. The Kier molecular flexibility index (Phi) is 6.29. The Morgan fingerprint density at radius 2 is 2.08 bits per heavy atom. The van der Waals surface area contributed by atoms with E-state index in [1.54, 1.807) is 12.3 Å². The fourth-order valence-electron chi connectivity index (χ4n) is 3.06. The Hall–Kier alpha value is -1.63. The van der Waals surface area contributed by atoms with E-state index in [0.717, 1.165) is 18.8 Å². The maximum atomic E-state index is 13.2. The van der Waals surface area contributed by atoms with Crippen molar-refractivity contribution in [3.8, 4) is 0 Å². The van der Waals surface area contributed by atoms with Gasteiger partial charge in [0.25, 0.3) is 0 Å². The van der Waals surface area contributed by atoms with E-state index in [1.165, 1.54) is 31.4 Å². The van der Waals surface area contributed by atoms with Crippen LogP contribution >= 0.6 is 23.8 Å². The molecule has 25 heavy (non-hydrogen) atoms. The highest BCUT2D eigenvalue weighted by Crippen LogP contribution is 2.24. The lowest BCUT2D eigenvalue weighted by molar-refractivity contribution is 0.146. The second kappa shape index (κ2) is 8.65. The smallest absolute Gasteiger partial charge is 0.170 e. The molecule has 134 valence electrons. The lowest BCUT2D eigenvalue weighted by Crippen LogP contribution is -2.41. The largest absolute Gasteiger partial charge is 0.468 e. The van der Waals surface area contributed by atoms with Gasteiger partial charge in [0.1, 0.15) is 11.6 Å². The lowest BCUT2D eigenvalue weighted by atomic mass is 10.1. The van der Waals surface area contributed by atoms with Crippen molar-refractivity contribution in [1.29, 1.82) is 0 Å². The minimum Gasteiger partial charge on any atom is -0.468 e. The van der Waals surface area contributed by atoms with Crippen molar-refractivity contribution in [2.75, 3.05) is 25.0 Å². The third kappa shape index (κ3) is 4.93. The number of anilines is 1. The quantitative estimate of drug-likeness (QED) is 0.741. The number of likely N-dealkylation sites (tertiary alicyclic amines) is 1. The highest BCUT2D eigenvalue weighted by atomic mass is 35.5. The molecule has 0 bridgehead atoms. The third-order valence-corrected chi connectivity index (χ3v) is 4.87. The second-order valence-corrected chi connectivity index (χ2v) is 6.91. The summed E-state index contributed by atoms with van der Waals surface area (Å²) >= 11 is 11.1. The van der Waals surface area contributed by atoms with Crippen LogP contribution < -0.4 is 10.6 Å². The Bertz CT molecular complexity index is 704. The predicted octanol–water partition coefficient (Wildman–Crippen LogP) is 4.59. The van der Waals surface area contributed by atoms with Crippen LogP contribution in [0.25, 0.3) is 0 Å². The Balaban J connectivity index is 1.60. The summed E-state index contributed by atoms with van der Waals surface area (Å²) < 4.78 is 18.9. The van der Waals surface area contributed by atoms with Crippen molar-refractivity contribution < 1.29 is 8.81 Å². The zero-order chi connectivity index (χ0) is 17.6. The molecule has 2 aromatic rings. The van der Waals surface area contributed by atoms with Crippen molar-refractivity contribution >= 4 is 34.6 Å². The van der Waals surface area contributed by atoms with Gasteiger partial charge in [-0.15, -0.1) is 0 Å². The number of rotatable bonds is 5. The number of thiocarbonyl (C=S) groups is 1. The molecule has 0 saturated carbocycles. The Labute approximate surface area is 157 Å². The summed E-state index contributed by atoms with van der Waals surface area (Å²) in [5, 5.41) is 6.80. The monoisotopic (exact) mass is 381 g/mol. The molecule has 1 saturated heterocycles. The van der Waals surface area contributed by atoms with E-state index < -0.39 is 5.82 Å². The molecule has 1 aromatic heterocycles. The minimum absolute atomic E-state index is 0.0644. The number of hydrogen-bond donors (Lipinski definition) is 2. The van der Waals surface area contributed by atoms with Crippen LogP contribution in [0.5, 0.6) is 0 Å². The van der Waals surface area contributed by atoms with Crippen LogP contribution in [0.2, 0.25) is 5.02 Å². The molecule has 0 spiro atoms. The molecule has 0 aliphatic carbocycles. The molecule has 3 rings (SSSR count). The van der Waals surface area contributed by atoms with Gasteiger partial charge in [-0.2, -0.15) is 0 Å². The summed E-state index contributed by atoms with van der Waals surface area (Å²) in [6, 6.07) is 8.46. The summed E-state index contributed by atoms with van der Waals surface area (Å²) in [7, 11) is 0. The summed E-state index contributed by atoms with van der Waals surface area (Å²) in [6.45, 7) is 2.75. The van der Waals surface area contributed by atoms with Gasteiger partial charge in [0, 0.05) is 12.2 Å². The highest BCUT2D eigenvalue weighted by molar-refractivity contribution is 7.80. The van der Waals surface area contributed by atoms with Crippen LogP contribution in [0.3, 0.4) is 0 Å². The number of nitrogens with one attached hydrogen (secondary N) is 2. The molecule has 0 amide bonds. The first kappa shape index (κ1) is 18.2. The average Bonchev–Trinajstić information content (AvgIpc) is 3.14. The molecule has 0 radical (unpaired) electrons. The first-order chi connectivity index (χ1) is 12.1. The molecule has 1 aliphatic heterocycles. The van der Waals surface area contributed by atoms with Gasteiger partial charge in [-0.05, 0) is 68.5 Å². The zero-order valence-electron chi connectivity index (χ0n) is 13.8. The third-order valence-electron chi connectivity index (χ3n) is 4.34.